The Labute approximate surface area is 115 Å². The number of anilines is 1. The number of aliphatic carboxylic acids is 1. The Morgan fingerprint density at radius 1 is 1.45 bits per heavy atom. The van der Waals surface area contributed by atoms with Crippen molar-refractivity contribution in [2.45, 2.75) is 37.1 Å². The van der Waals surface area contributed by atoms with Crippen LogP contribution >= 0.6 is 0 Å². The number of rotatable bonds is 4. The Morgan fingerprint density at radius 2 is 2.15 bits per heavy atom. The zero-order valence-corrected chi connectivity index (χ0v) is 11.0. The van der Waals surface area contributed by atoms with Crippen LogP contribution in [-0.4, -0.2) is 39.8 Å². The van der Waals surface area contributed by atoms with Crippen LogP contribution in [0.1, 0.15) is 37.4 Å². The van der Waals surface area contributed by atoms with Crippen molar-refractivity contribution in [3.8, 4) is 0 Å². The van der Waals surface area contributed by atoms with Crippen molar-refractivity contribution >= 4 is 11.8 Å². The summed E-state index contributed by atoms with van der Waals surface area (Å²) in [5, 5.41) is 12.4. The van der Waals surface area contributed by atoms with Crippen LogP contribution in [0.4, 0.5) is 5.82 Å². The van der Waals surface area contributed by atoms with Crippen molar-refractivity contribution in [1.29, 1.82) is 0 Å². The minimum Gasteiger partial charge on any atom is -0.480 e. The van der Waals surface area contributed by atoms with E-state index in [1.807, 2.05) is 0 Å². The van der Waals surface area contributed by atoms with Gasteiger partial charge >= 0.3 is 5.97 Å². The third-order valence-corrected chi connectivity index (χ3v) is 3.85. The van der Waals surface area contributed by atoms with Gasteiger partial charge in [-0.1, -0.05) is 0 Å². The number of aromatic nitrogens is 2. The predicted octanol–water partition coefficient (Wildman–Crippen LogP) is 0.693. The maximum absolute atomic E-state index is 11.7. The second-order valence-electron chi connectivity index (χ2n) is 5.41. The minimum atomic E-state index is -1.10. The lowest BCUT2D eigenvalue weighted by Gasteiger charge is -2.34. The van der Waals surface area contributed by atoms with E-state index >= 15 is 0 Å². The van der Waals surface area contributed by atoms with Crippen molar-refractivity contribution in [3.63, 3.8) is 0 Å². The van der Waals surface area contributed by atoms with Gasteiger partial charge in [-0.25, -0.2) is 9.78 Å². The van der Waals surface area contributed by atoms with Gasteiger partial charge in [0.05, 0.1) is 0 Å². The second-order valence-corrected chi connectivity index (χ2v) is 5.41. The summed E-state index contributed by atoms with van der Waals surface area (Å²) >= 11 is 0. The molecule has 0 amide bonds. The first-order chi connectivity index (χ1) is 9.59. The fraction of sp³-hybridized carbons (Fsp3) is 0.615. The second kappa shape index (κ2) is 4.90. The molecule has 3 rings (SSSR count). The fourth-order valence-corrected chi connectivity index (χ4v) is 2.45. The summed E-state index contributed by atoms with van der Waals surface area (Å²) in [6, 6.07) is 1.31. The third kappa shape index (κ3) is 2.53. The summed E-state index contributed by atoms with van der Waals surface area (Å²) in [7, 11) is 0. The van der Waals surface area contributed by atoms with Crippen molar-refractivity contribution in [2.75, 3.05) is 18.5 Å². The van der Waals surface area contributed by atoms with E-state index in [0.29, 0.717) is 43.6 Å². The number of hydrogen-bond acceptors (Lipinski definition) is 5. The van der Waals surface area contributed by atoms with Crippen LogP contribution in [0.5, 0.6) is 0 Å². The lowest BCUT2D eigenvalue weighted by Crippen LogP contribution is -2.50. The summed E-state index contributed by atoms with van der Waals surface area (Å²) in [6.07, 6.45) is 2.75. The Balaban J connectivity index is 1.88. The molecule has 0 radical (unpaired) electrons. The van der Waals surface area contributed by atoms with Crippen LogP contribution in [0, 0.1) is 0 Å². The van der Waals surface area contributed by atoms with Gasteiger partial charge in [-0.2, -0.15) is 0 Å². The molecule has 20 heavy (non-hydrogen) atoms. The quantitative estimate of drug-likeness (QED) is 0.749. The molecule has 1 saturated heterocycles. The molecule has 2 heterocycles. The van der Waals surface area contributed by atoms with Gasteiger partial charge in [-0.3, -0.25) is 4.79 Å². The van der Waals surface area contributed by atoms with E-state index in [1.54, 1.807) is 0 Å². The van der Waals surface area contributed by atoms with Crippen LogP contribution in [0.3, 0.4) is 0 Å². The van der Waals surface area contributed by atoms with Crippen LogP contribution in [0.25, 0.3) is 0 Å². The topological polar surface area (TPSA) is 104 Å². The molecule has 108 valence electrons. The maximum Gasteiger partial charge on any atom is 0.329 e. The number of carboxylic acids is 1. The summed E-state index contributed by atoms with van der Waals surface area (Å²) in [4.78, 5) is 30.3. The van der Waals surface area contributed by atoms with Crippen molar-refractivity contribution in [1.82, 2.24) is 9.97 Å². The standard InChI is InChI=1S/C13H17N3O4/c17-10-7-9(14-11(15-10)8-1-2-8)16-13(12(18)19)3-5-20-6-4-13/h7-8H,1-6H2,(H,18,19)(H2,14,15,16,17). The lowest BCUT2D eigenvalue weighted by atomic mass is 9.90. The summed E-state index contributed by atoms with van der Waals surface area (Å²) in [5.74, 6) is 0.350. The molecule has 1 aromatic rings. The molecule has 0 unspecified atom stereocenters. The normalized spacial score (nSPS) is 21.4. The van der Waals surface area contributed by atoms with Crippen molar-refractivity contribution in [3.05, 3.63) is 22.2 Å². The largest absolute Gasteiger partial charge is 0.480 e. The van der Waals surface area contributed by atoms with Gasteiger partial charge < -0.3 is 20.1 Å². The first-order valence-electron chi connectivity index (χ1n) is 6.80. The molecule has 7 heteroatoms. The molecule has 2 aliphatic rings. The molecule has 1 saturated carbocycles. The van der Waals surface area contributed by atoms with Gasteiger partial charge in [0.2, 0.25) is 0 Å². The molecule has 0 atom stereocenters. The summed E-state index contributed by atoms with van der Waals surface area (Å²) in [6.45, 7) is 0.774. The highest BCUT2D eigenvalue weighted by atomic mass is 16.5. The number of hydrogen-bond donors (Lipinski definition) is 3. The monoisotopic (exact) mass is 279 g/mol. The number of aromatic amines is 1. The highest BCUT2D eigenvalue weighted by Gasteiger charge is 2.40. The van der Waals surface area contributed by atoms with E-state index in [4.69, 9.17) is 4.74 Å². The molecule has 0 spiro atoms. The van der Waals surface area contributed by atoms with E-state index < -0.39 is 11.5 Å². The number of carbonyl (C=O) groups is 1. The minimum absolute atomic E-state index is 0.253. The lowest BCUT2D eigenvalue weighted by molar-refractivity contribution is -0.145. The van der Waals surface area contributed by atoms with Gasteiger partial charge in [-0.05, 0) is 12.8 Å². The van der Waals surface area contributed by atoms with Gasteiger partial charge in [-0.15, -0.1) is 0 Å². The van der Waals surface area contributed by atoms with E-state index in [-0.39, 0.29) is 5.56 Å². The number of carboxylic acid groups (broad SMARTS) is 1. The molecular weight excluding hydrogens is 262 g/mol. The maximum atomic E-state index is 11.7. The number of nitrogens with one attached hydrogen (secondary N) is 2. The molecule has 3 N–H and O–H groups in total. The molecule has 0 bridgehead atoms. The van der Waals surface area contributed by atoms with E-state index in [9.17, 15) is 14.7 Å². The number of nitrogens with zero attached hydrogens (tertiary/aromatic N) is 1. The van der Waals surface area contributed by atoms with Crippen LogP contribution in [0.15, 0.2) is 10.9 Å². The average Bonchev–Trinajstić information content (AvgIpc) is 3.23. The number of H-pyrrole nitrogens is 1. The molecule has 2 fully saturated rings. The first kappa shape index (κ1) is 13.1. The van der Waals surface area contributed by atoms with E-state index in [0.717, 1.165) is 12.8 Å². The van der Waals surface area contributed by atoms with E-state index in [1.165, 1.54) is 6.07 Å². The van der Waals surface area contributed by atoms with E-state index in [2.05, 4.69) is 15.3 Å². The first-order valence-corrected chi connectivity index (χ1v) is 6.80. The Hall–Kier alpha value is -1.89. The summed E-state index contributed by atoms with van der Waals surface area (Å²) < 4.78 is 5.22. The Morgan fingerprint density at radius 3 is 2.75 bits per heavy atom. The summed E-state index contributed by atoms with van der Waals surface area (Å²) in [5.41, 5.74) is -1.35. The molecule has 1 aliphatic carbocycles. The van der Waals surface area contributed by atoms with Gasteiger partial charge in [0.1, 0.15) is 17.2 Å². The molecular formula is C13H17N3O4. The Kier molecular flexibility index (Phi) is 3.21. The highest BCUT2D eigenvalue weighted by Crippen LogP contribution is 2.38. The smallest absolute Gasteiger partial charge is 0.329 e. The van der Waals surface area contributed by atoms with Crippen LogP contribution < -0.4 is 10.9 Å². The fourth-order valence-electron chi connectivity index (χ4n) is 2.45. The molecule has 1 aromatic heterocycles. The zero-order valence-electron chi connectivity index (χ0n) is 11.0. The van der Waals surface area contributed by atoms with Crippen molar-refractivity contribution < 1.29 is 14.6 Å². The highest BCUT2D eigenvalue weighted by molar-refractivity contribution is 5.82. The van der Waals surface area contributed by atoms with Crippen LogP contribution in [-0.2, 0) is 9.53 Å². The number of ether oxygens (including phenoxy) is 1. The zero-order chi connectivity index (χ0) is 14.2. The molecule has 1 aliphatic heterocycles. The SMILES string of the molecule is O=C(O)C1(Nc2cc(=O)[nH]c(C3CC3)n2)CCOCC1. The van der Waals surface area contributed by atoms with Crippen molar-refractivity contribution in [2.24, 2.45) is 0 Å². The molecule has 0 aromatic carbocycles. The molecule has 7 nitrogen and oxygen atoms in total. The third-order valence-electron chi connectivity index (χ3n) is 3.85. The average molecular weight is 279 g/mol. The van der Waals surface area contributed by atoms with Crippen LogP contribution in [0.2, 0.25) is 0 Å². The van der Waals surface area contributed by atoms with Gasteiger partial charge in [0.25, 0.3) is 5.56 Å². The van der Waals surface area contributed by atoms with Gasteiger partial charge in [0.15, 0.2) is 0 Å². The predicted molar refractivity (Wildman–Crippen MR) is 70.9 cm³/mol. The Bertz CT molecular complexity index is 573. The van der Waals surface area contributed by atoms with Gasteiger partial charge in [0, 0.05) is 38.0 Å².